The van der Waals surface area contributed by atoms with Gasteiger partial charge in [0.05, 0.1) is 4.90 Å². The smallest absolute Gasteiger partial charge is 0.372 e. The van der Waals surface area contributed by atoms with Gasteiger partial charge in [-0.25, -0.2) is 13.2 Å². The van der Waals surface area contributed by atoms with Crippen LogP contribution in [0, 0.1) is 6.92 Å². The number of piperidine rings is 1. The zero-order valence-electron chi connectivity index (χ0n) is 13.8. The van der Waals surface area contributed by atoms with E-state index in [1.807, 2.05) is 6.92 Å². The molecule has 0 amide bonds. The summed E-state index contributed by atoms with van der Waals surface area (Å²) in [7, 11) is -3.60. The number of fused-ring (bicyclic) bond motifs is 1. The number of benzene rings is 1. The Morgan fingerprint density at radius 2 is 2.12 bits per heavy atom. The Hall–Kier alpha value is -1.86. The fraction of sp³-hybridized carbons (Fsp3) is 0.471. The molecule has 7 heteroatoms. The van der Waals surface area contributed by atoms with Gasteiger partial charge in [-0.05, 0) is 44.4 Å². The summed E-state index contributed by atoms with van der Waals surface area (Å²) >= 11 is 0. The Morgan fingerprint density at radius 1 is 1.38 bits per heavy atom. The molecule has 1 atom stereocenters. The molecular formula is C17H21NO5S. The lowest BCUT2D eigenvalue weighted by atomic mass is 10.0. The van der Waals surface area contributed by atoms with Crippen LogP contribution in [0.5, 0.6) is 0 Å². The molecule has 0 radical (unpaired) electrons. The molecule has 1 saturated heterocycles. The number of carboxylic acids is 1. The second-order valence-corrected chi connectivity index (χ2v) is 8.08. The first kappa shape index (κ1) is 17.0. The topological polar surface area (TPSA) is 87.8 Å². The number of carbonyl (C=O) groups is 1. The zero-order chi connectivity index (χ0) is 17.5. The molecule has 1 aromatic heterocycles. The standard InChI is InChI=1S/C17H21NO5S/c1-3-12-6-4-5-9-18(12)24(21,22)13-7-8-15-14(10-13)11(2)16(23-15)17(19)20/h7-8,10,12H,3-6,9H2,1-2H3,(H,19,20). The number of aryl methyl sites for hydroxylation is 1. The minimum Gasteiger partial charge on any atom is -0.475 e. The fourth-order valence-electron chi connectivity index (χ4n) is 3.40. The molecule has 0 bridgehead atoms. The first-order chi connectivity index (χ1) is 11.4. The van der Waals surface area contributed by atoms with Crippen molar-refractivity contribution >= 4 is 27.0 Å². The van der Waals surface area contributed by atoms with Crippen molar-refractivity contribution in [1.29, 1.82) is 0 Å². The predicted octanol–water partition coefficient (Wildman–Crippen LogP) is 3.39. The Bertz CT molecular complexity index is 884. The summed E-state index contributed by atoms with van der Waals surface area (Å²) in [5.74, 6) is -1.31. The summed E-state index contributed by atoms with van der Waals surface area (Å²) in [5, 5.41) is 9.67. The third-order valence-electron chi connectivity index (χ3n) is 4.75. The summed E-state index contributed by atoms with van der Waals surface area (Å²) in [6.45, 7) is 4.16. The number of hydrogen-bond acceptors (Lipinski definition) is 4. The third kappa shape index (κ3) is 2.71. The van der Waals surface area contributed by atoms with Gasteiger partial charge >= 0.3 is 5.97 Å². The van der Waals surface area contributed by atoms with Crippen LogP contribution in [0.1, 0.15) is 48.7 Å². The van der Waals surface area contributed by atoms with E-state index in [-0.39, 0.29) is 16.7 Å². The molecule has 130 valence electrons. The van der Waals surface area contributed by atoms with Crippen LogP contribution in [0.15, 0.2) is 27.5 Å². The van der Waals surface area contributed by atoms with Gasteiger partial charge in [-0.15, -0.1) is 0 Å². The van der Waals surface area contributed by atoms with E-state index in [0.717, 1.165) is 25.7 Å². The molecule has 1 aromatic carbocycles. The Kier molecular flexibility index (Phi) is 4.40. The summed E-state index contributed by atoms with van der Waals surface area (Å²) in [5.41, 5.74) is 0.828. The van der Waals surface area contributed by atoms with Gasteiger partial charge in [0, 0.05) is 23.5 Å². The maximum absolute atomic E-state index is 13.0. The van der Waals surface area contributed by atoms with E-state index in [9.17, 15) is 13.2 Å². The third-order valence-corrected chi connectivity index (χ3v) is 6.70. The minimum atomic E-state index is -3.60. The zero-order valence-corrected chi connectivity index (χ0v) is 14.6. The summed E-state index contributed by atoms with van der Waals surface area (Å²) in [6.07, 6.45) is 3.58. The van der Waals surface area contributed by atoms with Crippen molar-refractivity contribution in [2.24, 2.45) is 0 Å². The first-order valence-corrected chi connectivity index (χ1v) is 9.58. The highest BCUT2D eigenvalue weighted by Crippen LogP contribution is 2.31. The molecule has 0 aliphatic carbocycles. The molecule has 6 nitrogen and oxygen atoms in total. The Balaban J connectivity index is 2.07. The molecule has 1 N–H and O–H groups in total. The summed E-state index contributed by atoms with van der Waals surface area (Å²) < 4.78 is 33.0. The maximum Gasteiger partial charge on any atom is 0.372 e. The molecular weight excluding hydrogens is 330 g/mol. The van der Waals surface area contributed by atoms with E-state index in [2.05, 4.69) is 0 Å². The van der Waals surface area contributed by atoms with Crippen molar-refractivity contribution in [3.05, 3.63) is 29.5 Å². The molecule has 1 aliphatic heterocycles. The summed E-state index contributed by atoms with van der Waals surface area (Å²) in [6, 6.07) is 4.58. The second-order valence-electron chi connectivity index (χ2n) is 6.19. The second kappa shape index (κ2) is 6.22. The van der Waals surface area contributed by atoms with Gasteiger partial charge in [-0.1, -0.05) is 13.3 Å². The van der Waals surface area contributed by atoms with E-state index in [4.69, 9.17) is 9.52 Å². The molecule has 0 saturated carbocycles. The van der Waals surface area contributed by atoms with E-state index in [0.29, 0.717) is 23.1 Å². The Labute approximate surface area is 141 Å². The van der Waals surface area contributed by atoms with Crippen molar-refractivity contribution in [1.82, 2.24) is 4.31 Å². The fourth-order valence-corrected chi connectivity index (χ4v) is 5.19. The molecule has 1 aliphatic rings. The lowest BCUT2D eigenvalue weighted by molar-refractivity contribution is 0.0664. The molecule has 3 rings (SSSR count). The normalized spacial score (nSPS) is 19.7. The van der Waals surface area contributed by atoms with Crippen LogP contribution >= 0.6 is 0 Å². The monoisotopic (exact) mass is 351 g/mol. The van der Waals surface area contributed by atoms with Crippen LogP contribution in [0.25, 0.3) is 11.0 Å². The van der Waals surface area contributed by atoms with Gasteiger partial charge in [-0.3, -0.25) is 0 Å². The Morgan fingerprint density at radius 3 is 2.79 bits per heavy atom. The van der Waals surface area contributed by atoms with E-state index < -0.39 is 16.0 Å². The van der Waals surface area contributed by atoms with Crippen LogP contribution < -0.4 is 0 Å². The SMILES string of the molecule is CCC1CCCCN1S(=O)(=O)c1ccc2oc(C(=O)O)c(C)c2c1. The maximum atomic E-state index is 13.0. The first-order valence-electron chi connectivity index (χ1n) is 8.14. The highest BCUT2D eigenvalue weighted by atomic mass is 32.2. The number of furan rings is 1. The van der Waals surface area contributed by atoms with Crippen molar-refractivity contribution in [2.75, 3.05) is 6.54 Å². The van der Waals surface area contributed by atoms with E-state index in [1.165, 1.54) is 18.2 Å². The van der Waals surface area contributed by atoms with Crippen LogP contribution in [-0.2, 0) is 10.0 Å². The average molecular weight is 351 g/mol. The molecule has 2 aromatic rings. The molecule has 24 heavy (non-hydrogen) atoms. The van der Waals surface area contributed by atoms with Gasteiger partial charge in [0.25, 0.3) is 0 Å². The predicted molar refractivity (Wildman–Crippen MR) is 89.7 cm³/mol. The molecule has 2 heterocycles. The summed E-state index contributed by atoms with van der Waals surface area (Å²) in [4.78, 5) is 11.4. The van der Waals surface area contributed by atoms with Crippen LogP contribution in [0.4, 0.5) is 0 Å². The van der Waals surface area contributed by atoms with Crippen molar-refractivity contribution in [3.8, 4) is 0 Å². The van der Waals surface area contributed by atoms with Gasteiger partial charge in [0.1, 0.15) is 5.58 Å². The minimum absolute atomic E-state index is 0.0273. The van der Waals surface area contributed by atoms with Gasteiger partial charge in [0.2, 0.25) is 15.8 Å². The lowest BCUT2D eigenvalue weighted by Crippen LogP contribution is -2.43. The number of sulfonamides is 1. The average Bonchev–Trinajstić information content (AvgIpc) is 2.91. The number of rotatable bonds is 4. The van der Waals surface area contributed by atoms with Crippen molar-refractivity contribution in [3.63, 3.8) is 0 Å². The van der Waals surface area contributed by atoms with E-state index in [1.54, 1.807) is 11.2 Å². The highest BCUT2D eigenvalue weighted by molar-refractivity contribution is 7.89. The highest BCUT2D eigenvalue weighted by Gasteiger charge is 2.33. The van der Waals surface area contributed by atoms with Crippen molar-refractivity contribution in [2.45, 2.75) is 50.5 Å². The van der Waals surface area contributed by atoms with Gasteiger partial charge < -0.3 is 9.52 Å². The number of hydrogen-bond donors (Lipinski definition) is 1. The quantitative estimate of drug-likeness (QED) is 0.912. The van der Waals surface area contributed by atoms with Crippen molar-refractivity contribution < 1.29 is 22.7 Å². The largest absolute Gasteiger partial charge is 0.475 e. The molecule has 1 fully saturated rings. The van der Waals surface area contributed by atoms with Crippen LogP contribution in [0.3, 0.4) is 0 Å². The van der Waals surface area contributed by atoms with Gasteiger partial charge in [0.15, 0.2) is 0 Å². The lowest BCUT2D eigenvalue weighted by Gasteiger charge is -2.34. The number of aromatic carboxylic acids is 1. The van der Waals surface area contributed by atoms with Crippen LogP contribution in [-0.4, -0.2) is 36.4 Å². The van der Waals surface area contributed by atoms with Crippen LogP contribution in [0.2, 0.25) is 0 Å². The van der Waals surface area contributed by atoms with Gasteiger partial charge in [-0.2, -0.15) is 4.31 Å². The molecule has 1 unspecified atom stereocenters. The number of carboxylic acid groups (broad SMARTS) is 1. The molecule has 0 spiro atoms. The van der Waals surface area contributed by atoms with E-state index >= 15 is 0 Å². The number of nitrogens with zero attached hydrogens (tertiary/aromatic N) is 1.